The average Bonchev–Trinajstić information content (AvgIpc) is 2.86. The van der Waals surface area contributed by atoms with Crippen LogP contribution in [0.5, 0.6) is 5.75 Å². The van der Waals surface area contributed by atoms with E-state index >= 15 is 0 Å². The van der Waals surface area contributed by atoms with E-state index in [0.29, 0.717) is 19.6 Å². The molecule has 0 fully saturated rings. The highest BCUT2D eigenvalue weighted by molar-refractivity contribution is 7.12. The minimum atomic E-state index is -0.370. The second-order valence-electron chi connectivity index (χ2n) is 4.32. The zero-order valence-corrected chi connectivity index (χ0v) is 12.0. The largest absolute Gasteiger partial charge is 0.490 e. The molecular formula is C15H16FNO2S. The van der Waals surface area contributed by atoms with Crippen molar-refractivity contribution in [1.29, 1.82) is 0 Å². The highest BCUT2D eigenvalue weighted by Gasteiger charge is 2.09. The molecule has 0 bridgehead atoms. The van der Waals surface area contributed by atoms with Crippen LogP contribution in [0.4, 0.5) is 4.39 Å². The smallest absolute Gasteiger partial charge is 0.261 e. The SMILES string of the molecule is Cc1ccsc1C(=O)NCCCOc1ccccc1F. The molecule has 0 saturated heterocycles. The van der Waals surface area contributed by atoms with E-state index in [2.05, 4.69) is 5.32 Å². The summed E-state index contributed by atoms with van der Waals surface area (Å²) in [5.41, 5.74) is 0.982. The van der Waals surface area contributed by atoms with Crippen molar-refractivity contribution in [3.63, 3.8) is 0 Å². The minimum absolute atomic E-state index is 0.0663. The van der Waals surface area contributed by atoms with Crippen LogP contribution in [0.25, 0.3) is 0 Å². The molecule has 0 atom stereocenters. The number of ether oxygens (including phenoxy) is 1. The first kappa shape index (κ1) is 14.5. The molecule has 2 aromatic rings. The first-order chi connectivity index (χ1) is 9.68. The number of hydrogen-bond donors (Lipinski definition) is 1. The fraction of sp³-hybridized carbons (Fsp3) is 0.267. The van der Waals surface area contributed by atoms with Gasteiger partial charge in [-0.25, -0.2) is 4.39 Å². The number of rotatable bonds is 6. The first-order valence-corrected chi connectivity index (χ1v) is 7.26. The molecule has 1 heterocycles. The van der Waals surface area contributed by atoms with Crippen molar-refractivity contribution >= 4 is 17.2 Å². The third-order valence-corrected chi connectivity index (χ3v) is 3.78. The van der Waals surface area contributed by atoms with Gasteiger partial charge in [0, 0.05) is 6.54 Å². The second kappa shape index (κ2) is 7.05. The molecule has 1 amide bonds. The summed E-state index contributed by atoms with van der Waals surface area (Å²) in [7, 11) is 0. The van der Waals surface area contributed by atoms with Gasteiger partial charge in [0.15, 0.2) is 11.6 Å². The molecule has 106 valence electrons. The molecule has 1 aromatic heterocycles. The quantitative estimate of drug-likeness (QED) is 0.829. The van der Waals surface area contributed by atoms with Gasteiger partial charge in [0.25, 0.3) is 5.91 Å². The topological polar surface area (TPSA) is 38.3 Å². The summed E-state index contributed by atoms with van der Waals surface area (Å²) in [6, 6.07) is 8.20. The Kier molecular flexibility index (Phi) is 5.12. The highest BCUT2D eigenvalue weighted by atomic mass is 32.1. The number of hydrogen-bond acceptors (Lipinski definition) is 3. The maximum absolute atomic E-state index is 13.3. The van der Waals surface area contributed by atoms with E-state index in [-0.39, 0.29) is 17.5 Å². The Morgan fingerprint density at radius 2 is 2.15 bits per heavy atom. The van der Waals surface area contributed by atoms with E-state index in [0.717, 1.165) is 10.4 Å². The monoisotopic (exact) mass is 293 g/mol. The van der Waals surface area contributed by atoms with E-state index in [9.17, 15) is 9.18 Å². The molecule has 0 radical (unpaired) electrons. The lowest BCUT2D eigenvalue weighted by atomic mass is 10.3. The maximum Gasteiger partial charge on any atom is 0.261 e. The van der Waals surface area contributed by atoms with Gasteiger partial charge in [0.05, 0.1) is 11.5 Å². The Balaban J connectivity index is 1.69. The van der Waals surface area contributed by atoms with Crippen molar-refractivity contribution in [2.24, 2.45) is 0 Å². The van der Waals surface area contributed by atoms with Gasteiger partial charge in [0.2, 0.25) is 0 Å². The molecule has 0 saturated carbocycles. The Morgan fingerprint density at radius 1 is 1.35 bits per heavy atom. The first-order valence-electron chi connectivity index (χ1n) is 6.38. The summed E-state index contributed by atoms with van der Waals surface area (Å²) in [5, 5.41) is 4.72. The number of carbonyl (C=O) groups excluding carboxylic acids is 1. The van der Waals surface area contributed by atoms with Crippen LogP contribution >= 0.6 is 11.3 Å². The predicted octanol–water partition coefficient (Wildman–Crippen LogP) is 3.39. The van der Waals surface area contributed by atoms with E-state index in [1.165, 1.54) is 17.4 Å². The van der Waals surface area contributed by atoms with Crippen molar-refractivity contribution in [2.45, 2.75) is 13.3 Å². The molecule has 2 rings (SSSR count). The number of nitrogens with one attached hydrogen (secondary N) is 1. The zero-order valence-electron chi connectivity index (χ0n) is 11.2. The Morgan fingerprint density at radius 3 is 2.85 bits per heavy atom. The van der Waals surface area contributed by atoms with Crippen LogP contribution < -0.4 is 10.1 Å². The van der Waals surface area contributed by atoms with E-state index in [1.807, 2.05) is 18.4 Å². The molecule has 0 aliphatic rings. The number of aryl methyl sites for hydroxylation is 1. The van der Waals surface area contributed by atoms with Crippen LogP contribution in [0.3, 0.4) is 0 Å². The van der Waals surface area contributed by atoms with Crippen LogP contribution in [-0.2, 0) is 0 Å². The number of benzene rings is 1. The van der Waals surface area contributed by atoms with Crippen molar-refractivity contribution in [2.75, 3.05) is 13.2 Å². The standard InChI is InChI=1S/C15H16FNO2S/c1-11-7-10-20-14(11)15(18)17-8-4-9-19-13-6-3-2-5-12(13)16/h2-3,5-7,10H,4,8-9H2,1H3,(H,17,18). The number of halogens is 1. The zero-order chi connectivity index (χ0) is 14.4. The molecule has 5 heteroatoms. The molecule has 1 N–H and O–H groups in total. The summed E-state index contributed by atoms with van der Waals surface area (Å²) in [6.07, 6.45) is 0.629. The van der Waals surface area contributed by atoms with E-state index in [1.54, 1.807) is 18.2 Å². The van der Waals surface area contributed by atoms with Crippen LogP contribution in [0.15, 0.2) is 35.7 Å². The fourth-order valence-corrected chi connectivity index (χ4v) is 2.55. The van der Waals surface area contributed by atoms with Gasteiger partial charge in [-0.1, -0.05) is 12.1 Å². The van der Waals surface area contributed by atoms with Gasteiger partial charge in [-0.05, 0) is 42.5 Å². The van der Waals surface area contributed by atoms with Crippen LogP contribution in [-0.4, -0.2) is 19.1 Å². The second-order valence-corrected chi connectivity index (χ2v) is 5.24. The van der Waals surface area contributed by atoms with Crippen molar-refractivity contribution in [3.05, 3.63) is 52.0 Å². The van der Waals surface area contributed by atoms with Gasteiger partial charge in [-0.2, -0.15) is 0 Å². The number of amides is 1. The Bertz CT molecular complexity index is 583. The summed E-state index contributed by atoms with van der Waals surface area (Å²) in [6.45, 7) is 2.78. The summed E-state index contributed by atoms with van der Waals surface area (Å²) in [4.78, 5) is 12.5. The van der Waals surface area contributed by atoms with E-state index < -0.39 is 0 Å². The summed E-state index contributed by atoms with van der Waals surface area (Å²) >= 11 is 1.43. The third-order valence-electron chi connectivity index (χ3n) is 2.77. The van der Waals surface area contributed by atoms with Gasteiger partial charge >= 0.3 is 0 Å². The third kappa shape index (κ3) is 3.81. The molecule has 0 aliphatic heterocycles. The molecule has 20 heavy (non-hydrogen) atoms. The Labute approximate surface area is 121 Å². The molecule has 1 aromatic carbocycles. The molecule has 0 aliphatic carbocycles. The predicted molar refractivity (Wildman–Crippen MR) is 77.9 cm³/mol. The van der Waals surface area contributed by atoms with Gasteiger partial charge in [-0.15, -0.1) is 11.3 Å². The normalized spacial score (nSPS) is 10.3. The average molecular weight is 293 g/mol. The van der Waals surface area contributed by atoms with Crippen LogP contribution in [0.2, 0.25) is 0 Å². The molecular weight excluding hydrogens is 277 g/mol. The molecule has 3 nitrogen and oxygen atoms in total. The maximum atomic E-state index is 13.3. The minimum Gasteiger partial charge on any atom is -0.490 e. The lowest BCUT2D eigenvalue weighted by molar-refractivity contribution is 0.0955. The number of para-hydroxylation sites is 1. The molecule has 0 spiro atoms. The summed E-state index contributed by atoms with van der Waals surface area (Å²) < 4.78 is 18.6. The van der Waals surface area contributed by atoms with Gasteiger partial charge in [0.1, 0.15) is 0 Å². The molecule has 0 unspecified atom stereocenters. The van der Waals surface area contributed by atoms with Crippen molar-refractivity contribution in [3.8, 4) is 5.75 Å². The number of carbonyl (C=O) groups is 1. The number of thiophene rings is 1. The van der Waals surface area contributed by atoms with Crippen molar-refractivity contribution < 1.29 is 13.9 Å². The van der Waals surface area contributed by atoms with Crippen molar-refractivity contribution in [1.82, 2.24) is 5.32 Å². The van der Waals surface area contributed by atoms with Crippen LogP contribution in [0, 0.1) is 12.7 Å². The summed E-state index contributed by atoms with van der Waals surface area (Å²) in [5.74, 6) is -0.193. The lowest BCUT2D eigenvalue weighted by Gasteiger charge is -2.07. The van der Waals surface area contributed by atoms with Gasteiger partial charge in [-0.3, -0.25) is 4.79 Å². The highest BCUT2D eigenvalue weighted by Crippen LogP contribution is 2.16. The van der Waals surface area contributed by atoms with Gasteiger partial charge < -0.3 is 10.1 Å². The van der Waals surface area contributed by atoms with E-state index in [4.69, 9.17) is 4.74 Å². The Hall–Kier alpha value is -1.88. The fourth-order valence-electron chi connectivity index (χ4n) is 1.70. The lowest BCUT2D eigenvalue weighted by Crippen LogP contribution is -2.25. The van der Waals surface area contributed by atoms with Crippen LogP contribution in [0.1, 0.15) is 21.7 Å².